The second kappa shape index (κ2) is 5.36. The van der Waals surface area contributed by atoms with Crippen molar-refractivity contribution >= 4 is 6.29 Å². The molecular formula is C10H12O4. The normalized spacial score (nSPS) is 12.1. The van der Waals surface area contributed by atoms with Crippen LogP contribution in [0.2, 0.25) is 0 Å². The van der Waals surface area contributed by atoms with Gasteiger partial charge in [0.05, 0.1) is 12.2 Å². The van der Waals surface area contributed by atoms with Gasteiger partial charge in [-0.3, -0.25) is 4.79 Å². The van der Waals surface area contributed by atoms with E-state index >= 15 is 0 Å². The fraction of sp³-hybridized carbons (Fsp3) is 0.300. The molecule has 0 aliphatic rings. The molecule has 4 heteroatoms. The highest BCUT2D eigenvalue weighted by molar-refractivity contribution is 5.79. The Bertz CT molecular complexity index is 298. The van der Waals surface area contributed by atoms with Crippen LogP contribution in [0.3, 0.4) is 0 Å². The fourth-order valence-corrected chi connectivity index (χ4v) is 0.948. The van der Waals surface area contributed by atoms with Crippen LogP contribution in [0.5, 0.6) is 5.75 Å². The molecule has 1 aromatic carbocycles. The molecule has 0 amide bonds. The molecule has 0 fully saturated rings. The lowest BCUT2D eigenvalue weighted by molar-refractivity contribution is 0.0533. The molecule has 0 heterocycles. The van der Waals surface area contributed by atoms with E-state index in [1.54, 1.807) is 24.3 Å². The van der Waals surface area contributed by atoms with Crippen molar-refractivity contribution in [3.8, 4) is 5.75 Å². The standard InChI is InChI=1S/C10H12O4/c11-5-8-3-1-2-4-10(8)14-7-9(13)6-12/h1-5,9,12-13H,6-7H2/t9-/m1/s1. The maximum Gasteiger partial charge on any atom is 0.153 e. The van der Waals surface area contributed by atoms with E-state index in [4.69, 9.17) is 14.9 Å². The van der Waals surface area contributed by atoms with Crippen molar-refractivity contribution in [3.05, 3.63) is 29.8 Å². The van der Waals surface area contributed by atoms with Gasteiger partial charge in [-0.05, 0) is 12.1 Å². The summed E-state index contributed by atoms with van der Waals surface area (Å²) < 4.78 is 5.14. The van der Waals surface area contributed by atoms with E-state index in [-0.39, 0.29) is 13.2 Å². The highest BCUT2D eigenvalue weighted by atomic mass is 16.5. The van der Waals surface area contributed by atoms with E-state index in [9.17, 15) is 4.79 Å². The van der Waals surface area contributed by atoms with Gasteiger partial charge in [0.15, 0.2) is 6.29 Å². The molecule has 0 radical (unpaired) electrons. The predicted molar refractivity (Wildman–Crippen MR) is 50.4 cm³/mol. The SMILES string of the molecule is O=Cc1ccccc1OC[C@H](O)CO. The van der Waals surface area contributed by atoms with Gasteiger partial charge >= 0.3 is 0 Å². The minimum Gasteiger partial charge on any atom is -0.490 e. The number of para-hydroxylation sites is 1. The number of ether oxygens (including phenoxy) is 1. The quantitative estimate of drug-likeness (QED) is 0.661. The van der Waals surface area contributed by atoms with Crippen LogP contribution in [0.1, 0.15) is 10.4 Å². The fourth-order valence-electron chi connectivity index (χ4n) is 0.948. The average molecular weight is 196 g/mol. The van der Waals surface area contributed by atoms with Crippen LogP contribution >= 0.6 is 0 Å². The molecule has 0 saturated carbocycles. The number of hydrogen-bond donors (Lipinski definition) is 2. The van der Waals surface area contributed by atoms with E-state index in [2.05, 4.69) is 0 Å². The first-order chi connectivity index (χ1) is 6.77. The van der Waals surface area contributed by atoms with Gasteiger partial charge in [-0.2, -0.15) is 0 Å². The smallest absolute Gasteiger partial charge is 0.153 e. The number of hydrogen-bond acceptors (Lipinski definition) is 4. The molecule has 0 aromatic heterocycles. The minimum atomic E-state index is -0.922. The first-order valence-electron chi connectivity index (χ1n) is 4.24. The third-order valence-electron chi connectivity index (χ3n) is 1.69. The number of aliphatic hydroxyl groups is 2. The number of aldehydes is 1. The van der Waals surface area contributed by atoms with Gasteiger partial charge < -0.3 is 14.9 Å². The lowest BCUT2D eigenvalue weighted by atomic mass is 10.2. The summed E-state index contributed by atoms with van der Waals surface area (Å²) in [5.41, 5.74) is 0.428. The van der Waals surface area contributed by atoms with Crippen molar-refractivity contribution in [2.24, 2.45) is 0 Å². The summed E-state index contributed by atoms with van der Waals surface area (Å²) in [5.74, 6) is 0.412. The Kier molecular flexibility index (Phi) is 4.10. The van der Waals surface area contributed by atoms with Crippen molar-refractivity contribution < 1.29 is 19.7 Å². The largest absolute Gasteiger partial charge is 0.490 e. The van der Waals surface area contributed by atoms with Gasteiger partial charge in [0.2, 0.25) is 0 Å². The van der Waals surface area contributed by atoms with Crippen LogP contribution in [-0.4, -0.2) is 35.8 Å². The van der Waals surface area contributed by atoms with Gasteiger partial charge in [0.25, 0.3) is 0 Å². The number of carbonyl (C=O) groups excluding carboxylic acids is 1. The third kappa shape index (κ3) is 2.83. The molecule has 2 N–H and O–H groups in total. The summed E-state index contributed by atoms with van der Waals surface area (Å²) >= 11 is 0. The molecule has 0 spiro atoms. The highest BCUT2D eigenvalue weighted by Crippen LogP contribution is 2.15. The Morgan fingerprint density at radius 1 is 1.43 bits per heavy atom. The Morgan fingerprint density at radius 2 is 2.14 bits per heavy atom. The Hall–Kier alpha value is -1.39. The van der Waals surface area contributed by atoms with Crippen molar-refractivity contribution in [1.82, 2.24) is 0 Å². The Labute approximate surface area is 81.8 Å². The summed E-state index contributed by atoms with van der Waals surface area (Å²) in [4.78, 5) is 10.5. The first kappa shape index (κ1) is 10.7. The zero-order valence-corrected chi connectivity index (χ0v) is 7.59. The molecule has 0 saturated heterocycles. The Balaban J connectivity index is 2.61. The molecule has 4 nitrogen and oxygen atoms in total. The summed E-state index contributed by atoms with van der Waals surface area (Å²) in [7, 11) is 0. The van der Waals surface area contributed by atoms with Crippen LogP contribution in [0, 0.1) is 0 Å². The number of aliphatic hydroxyl groups excluding tert-OH is 2. The molecule has 1 rings (SSSR count). The van der Waals surface area contributed by atoms with Gasteiger partial charge in [0, 0.05) is 0 Å². The van der Waals surface area contributed by atoms with Gasteiger partial charge in [-0.25, -0.2) is 0 Å². The topological polar surface area (TPSA) is 66.8 Å². The maximum absolute atomic E-state index is 10.5. The van der Waals surface area contributed by atoms with Crippen molar-refractivity contribution in [1.29, 1.82) is 0 Å². The number of rotatable bonds is 5. The molecule has 0 aliphatic heterocycles. The molecule has 0 bridgehead atoms. The molecule has 0 aliphatic carbocycles. The molecular weight excluding hydrogens is 184 g/mol. The third-order valence-corrected chi connectivity index (χ3v) is 1.69. The van der Waals surface area contributed by atoms with Crippen molar-refractivity contribution in [2.45, 2.75) is 6.10 Å². The highest BCUT2D eigenvalue weighted by Gasteiger charge is 2.05. The monoisotopic (exact) mass is 196 g/mol. The van der Waals surface area contributed by atoms with E-state index in [1.165, 1.54) is 0 Å². The lowest BCUT2D eigenvalue weighted by Crippen LogP contribution is -2.21. The van der Waals surface area contributed by atoms with E-state index in [0.29, 0.717) is 17.6 Å². The van der Waals surface area contributed by atoms with Crippen LogP contribution in [-0.2, 0) is 0 Å². The predicted octanol–water partition coefficient (Wildman–Crippen LogP) is 0.231. The molecule has 0 unspecified atom stereocenters. The zero-order chi connectivity index (χ0) is 10.4. The second-order valence-electron chi connectivity index (χ2n) is 2.80. The van der Waals surface area contributed by atoms with Crippen LogP contribution in [0.25, 0.3) is 0 Å². The Morgan fingerprint density at radius 3 is 2.79 bits per heavy atom. The number of carbonyl (C=O) groups is 1. The molecule has 14 heavy (non-hydrogen) atoms. The summed E-state index contributed by atoms with van der Waals surface area (Å²) in [6, 6.07) is 6.70. The number of benzene rings is 1. The summed E-state index contributed by atoms with van der Waals surface area (Å²) in [5, 5.41) is 17.6. The summed E-state index contributed by atoms with van der Waals surface area (Å²) in [6.07, 6.45) is -0.240. The summed E-state index contributed by atoms with van der Waals surface area (Å²) in [6.45, 7) is -0.384. The van der Waals surface area contributed by atoms with Gasteiger partial charge in [0.1, 0.15) is 18.5 Å². The van der Waals surface area contributed by atoms with Crippen LogP contribution in [0.4, 0.5) is 0 Å². The van der Waals surface area contributed by atoms with Crippen LogP contribution < -0.4 is 4.74 Å². The lowest BCUT2D eigenvalue weighted by Gasteiger charge is -2.10. The van der Waals surface area contributed by atoms with E-state index in [1.807, 2.05) is 0 Å². The average Bonchev–Trinajstić information content (AvgIpc) is 2.26. The first-order valence-corrected chi connectivity index (χ1v) is 4.24. The van der Waals surface area contributed by atoms with Crippen molar-refractivity contribution in [3.63, 3.8) is 0 Å². The van der Waals surface area contributed by atoms with Crippen molar-refractivity contribution in [2.75, 3.05) is 13.2 Å². The van der Waals surface area contributed by atoms with Gasteiger partial charge in [-0.15, -0.1) is 0 Å². The minimum absolute atomic E-state index is 0.0264. The zero-order valence-electron chi connectivity index (χ0n) is 7.59. The van der Waals surface area contributed by atoms with E-state index < -0.39 is 6.10 Å². The van der Waals surface area contributed by atoms with E-state index in [0.717, 1.165) is 0 Å². The van der Waals surface area contributed by atoms with Gasteiger partial charge in [-0.1, -0.05) is 12.1 Å². The molecule has 1 atom stereocenters. The maximum atomic E-state index is 10.5. The molecule has 76 valence electrons. The second-order valence-corrected chi connectivity index (χ2v) is 2.80. The van der Waals surface area contributed by atoms with Crippen LogP contribution in [0.15, 0.2) is 24.3 Å². The molecule has 1 aromatic rings.